The molecule has 4 rings (SSSR count). The molecule has 176 valence electrons. The lowest BCUT2D eigenvalue weighted by Crippen LogP contribution is -2.38. The average Bonchev–Trinajstić information content (AvgIpc) is 2.93. The van der Waals surface area contributed by atoms with Gasteiger partial charge in [-0.05, 0) is 48.2 Å². The highest BCUT2D eigenvalue weighted by Crippen LogP contribution is 2.40. The zero-order valence-electron chi connectivity index (χ0n) is 19.1. The standard InChI is InChI=1S/C27H28N2O4S/c1-2-3-9-20-14-16-22(17-15-20)28-26(30)19-29-23-12-7-8-13-24(23)34(32,33)25(18-27(29)31)21-10-5-4-6-11-21/h4-8,10-17,25H,2-3,9,18-19H2,1H3,(H,28,30)/t25-/m0/s1. The maximum atomic E-state index is 13.5. The molecule has 0 saturated carbocycles. The molecule has 0 fully saturated rings. The second kappa shape index (κ2) is 10.2. The van der Waals surface area contributed by atoms with Crippen LogP contribution in [-0.2, 0) is 25.8 Å². The third-order valence-corrected chi connectivity index (χ3v) is 8.17. The van der Waals surface area contributed by atoms with E-state index in [-0.39, 0.29) is 29.5 Å². The zero-order valence-corrected chi connectivity index (χ0v) is 19.9. The van der Waals surface area contributed by atoms with Gasteiger partial charge >= 0.3 is 0 Å². The Morgan fingerprint density at radius 2 is 1.65 bits per heavy atom. The number of para-hydroxylation sites is 1. The molecule has 1 aliphatic heterocycles. The molecule has 2 amide bonds. The molecule has 1 heterocycles. The quantitative estimate of drug-likeness (QED) is 0.525. The van der Waals surface area contributed by atoms with Gasteiger partial charge < -0.3 is 10.2 Å². The van der Waals surface area contributed by atoms with Gasteiger partial charge in [0.05, 0.1) is 15.8 Å². The predicted molar refractivity (Wildman–Crippen MR) is 133 cm³/mol. The second-order valence-corrected chi connectivity index (χ2v) is 10.5. The molecular weight excluding hydrogens is 448 g/mol. The summed E-state index contributed by atoms with van der Waals surface area (Å²) in [5, 5.41) is 1.82. The molecule has 0 saturated heterocycles. The van der Waals surface area contributed by atoms with Crippen LogP contribution in [0.4, 0.5) is 11.4 Å². The molecule has 1 atom stereocenters. The van der Waals surface area contributed by atoms with Gasteiger partial charge in [0.1, 0.15) is 6.54 Å². The fourth-order valence-corrected chi connectivity index (χ4v) is 6.13. The van der Waals surface area contributed by atoms with Crippen molar-refractivity contribution in [2.24, 2.45) is 0 Å². The van der Waals surface area contributed by atoms with Crippen molar-refractivity contribution >= 4 is 33.0 Å². The first kappa shape index (κ1) is 23.7. The monoisotopic (exact) mass is 476 g/mol. The summed E-state index contributed by atoms with van der Waals surface area (Å²) in [6.45, 7) is 1.87. The maximum Gasteiger partial charge on any atom is 0.244 e. The summed E-state index contributed by atoms with van der Waals surface area (Å²) in [7, 11) is -3.84. The summed E-state index contributed by atoms with van der Waals surface area (Å²) < 4.78 is 27.0. The first-order valence-corrected chi connectivity index (χ1v) is 13.0. The van der Waals surface area contributed by atoms with Crippen LogP contribution in [0.2, 0.25) is 0 Å². The van der Waals surface area contributed by atoms with E-state index in [4.69, 9.17) is 0 Å². The molecule has 1 aliphatic rings. The van der Waals surface area contributed by atoms with Crippen LogP contribution in [0.25, 0.3) is 0 Å². The number of fused-ring (bicyclic) bond motifs is 1. The molecule has 7 heteroatoms. The molecule has 34 heavy (non-hydrogen) atoms. The molecule has 0 bridgehead atoms. The van der Waals surface area contributed by atoms with Gasteiger partial charge in [-0.25, -0.2) is 8.42 Å². The Morgan fingerprint density at radius 1 is 0.971 bits per heavy atom. The summed E-state index contributed by atoms with van der Waals surface area (Å²) in [6, 6.07) is 22.8. The SMILES string of the molecule is CCCCc1ccc(NC(=O)CN2C(=O)C[C@@H](c3ccccc3)S(=O)(=O)c3ccccc32)cc1. The molecule has 6 nitrogen and oxygen atoms in total. The Kier molecular flexibility index (Phi) is 7.12. The number of amides is 2. The average molecular weight is 477 g/mol. The number of nitrogens with one attached hydrogen (secondary N) is 1. The topological polar surface area (TPSA) is 83.6 Å². The van der Waals surface area contributed by atoms with Gasteiger partial charge in [-0.15, -0.1) is 0 Å². The van der Waals surface area contributed by atoms with Gasteiger partial charge in [-0.2, -0.15) is 0 Å². The molecule has 3 aromatic rings. The maximum absolute atomic E-state index is 13.5. The Hall–Kier alpha value is -3.45. The summed E-state index contributed by atoms with van der Waals surface area (Å²) >= 11 is 0. The van der Waals surface area contributed by atoms with Crippen molar-refractivity contribution in [1.82, 2.24) is 0 Å². The summed E-state index contributed by atoms with van der Waals surface area (Å²) in [6.07, 6.45) is 2.97. The van der Waals surface area contributed by atoms with Crippen LogP contribution < -0.4 is 10.2 Å². The van der Waals surface area contributed by atoms with Crippen molar-refractivity contribution in [1.29, 1.82) is 0 Å². The molecule has 1 N–H and O–H groups in total. The summed E-state index contributed by atoms with van der Waals surface area (Å²) in [4.78, 5) is 27.5. The first-order valence-electron chi connectivity index (χ1n) is 11.5. The lowest BCUT2D eigenvalue weighted by molar-refractivity contribution is -0.121. The van der Waals surface area contributed by atoms with Gasteiger partial charge in [-0.3, -0.25) is 9.59 Å². The highest BCUT2D eigenvalue weighted by molar-refractivity contribution is 7.92. The third-order valence-electron chi connectivity index (χ3n) is 6.03. The van der Waals surface area contributed by atoms with Gasteiger partial charge in [0.25, 0.3) is 0 Å². The van der Waals surface area contributed by atoms with Crippen LogP contribution >= 0.6 is 0 Å². The minimum absolute atomic E-state index is 0.0581. The van der Waals surface area contributed by atoms with Crippen molar-refractivity contribution in [3.05, 3.63) is 90.0 Å². The smallest absolute Gasteiger partial charge is 0.244 e. The van der Waals surface area contributed by atoms with Crippen LogP contribution in [-0.4, -0.2) is 26.8 Å². The van der Waals surface area contributed by atoms with Gasteiger partial charge in [-0.1, -0.05) is 67.9 Å². The molecule has 0 radical (unpaired) electrons. The number of benzene rings is 3. The predicted octanol–water partition coefficient (Wildman–Crippen LogP) is 4.92. The summed E-state index contributed by atoms with van der Waals surface area (Å²) in [5.74, 6) is -0.799. The number of aryl methyl sites for hydroxylation is 1. The van der Waals surface area contributed by atoms with Crippen LogP contribution in [0.5, 0.6) is 0 Å². The number of anilines is 2. The van der Waals surface area contributed by atoms with Gasteiger partial charge in [0.15, 0.2) is 9.84 Å². The molecule has 0 aliphatic carbocycles. The van der Waals surface area contributed by atoms with E-state index in [0.29, 0.717) is 11.3 Å². The fourth-order valence-electron chi connectivity index (χ4n) is 4.20. The van der Waals surface area contributed by atoms with E-state index in [1.54, 1.807) is 48.5 Å². The number of sulfone groups is 1. The van der Waals surface area contributed by atoms with Crippen LogP contribution in [0.1, 0.15) is 42.6 Å². The number of carbonyl (C=O) groups excluding carboxylic acids is 2. The van der Waals surface area contributed by atoms with Crippen LogP contribution in [0, 0.1) is 0 Å². The Morgan fingerprint density at radius 3 is 2.35 bits per heavy atom. The van der Waals surface area contributed by atoms with Crippen LogP contribution in [0.3, 0.4) is 0 Å². The van der Waals surface area contributed by atoms with Crippen molar-refractivity contribution in [3.63, 3.8) is 0 Å². The fraction of sp³-hybridized carbons (Fsp3) is 0.259. The second-order valence-electron chi connectivity index (χ2n) is 8.44. The lowest BCUT2D eigenvalue weighted by atomic mass is 10.1. The van der Waals surface area contributed by atoms with Crippen molar-refractivity contribution in [2.45, 2.75) is 42.8 Å². The minimum Gasteiger partial charge on any atom is -0.325 e. The lowest BCUT2D eigenvalue weighted by Gasteiger charge is -2.22. The van der Waals surface area contributed by atoms with Crippen molar-refractivity contribution in [3.8, 4) is 0 Å². The van der Waals surface area contributed by atoms with E-state index in [1.165, 1.54) is 16.5 Å². The van der Waals surface area contributed by atoms with Crippen molar-refractivity contribution < 1.29 is 18.0 Å². The number of unbranched alkanes of at least 4 members (excludes halogenated alkanes) is 1. The van der Waals surface area contributed by atoms with E-state index in [2.05, 4.69) is 12.2 Å². The Labute approximate surface area is 200 Å². The molecular formula is C27H28N2O4S. The highest BCUT2D eigenvalue weighted by atomic mass is 32.2. The number of rotatable bonds is 7. The highest BCUT2D eigenvalue weighted by Gasteiger charge is 2.39. The number of hydrogen-bond acceptors (Lipinski definition) is 4. The van der Waals surface area contributed by atoms with Crippen molar-refractivity contribution in [2.75, 3.05) is 16.8 Å². The van der Waals surface area contributed by atoms with E-state index >= 15 is 0 Å². The van der Waals surface area contributed by atoms with Gasteiger partial charge in [0, 0.05) is 12.1 Å². The molecule has 0 aromatic heterocycles. The third kappa shape index (κ3) is 5.04. The first-order chi connectivity index (χ1) is 16.4. The molecule has 3 aromatic carbocycles. The zero-order chi connectivity index (χ0) is 24.1. The van der Waals surface area contributed by atoms with E-state index in [9.17, 15) is 18.0 Å². The Balaban J connectivity index is 1.58. The Bertz CT molecular complexity index is 1270. The van der Waals surface area contributed by atoms with Gasteiger partial charge in [0.2, 0.25) is 11.8 Å². The van der Waals surface area contributed by atoms with E-state index < -0.39 is 21.0 Å². The number of hydrogen-bond donors (Lipinski definition) is 1. The largest absolute Gasteiger partial charge is 0.325 e. The van der Waals surface area contributed by atoms with E-state index in [0.717, 1.165) is 19.3 Å². The normalized spacial score (nSPS) is 17.0. The minimum atomic E-state index is -3.84. The molecule has 0 spiro atoms. The number of nitrogens with zero attached hydrogens (tertiary/aromatic N) is 1. The number of carbonyl (C=O) groups is 2. The van der Waals surface area contributed by atoms with Crippen LogP contribution in [0.15, 0.2) is 83.8 Å². The molecule has 0 unspecified atom stereocenters. The van der Waals surface area contributed by atoms with E-state index in [1.807, 2.05) is 24.3 Å². The summed E-state index contributed by atoms with van der Waals surface area (Å²) in [5.41, 5.74) is 2.63.